The van der Waals surface area contributed by atoms with Crippen molar-refractivity contribution < 1.29 is 4.79 Å². The van der Waals surface area contributed by atoms with Gasteiger partial charge in [0.1, 0.15) is 0 Å². The molecule has 1 aliphatic rings. The van der Waals surface area contributed by atoms with Gasteiger partial charge in [-0.1, -0.05) is 13.8 Å². The van der Waals surface area contributed by atoms with Gasteiger partial charge in [-0.3, -0.25) is 4.79 Å². The Bertz CT molecular complexity index is 168. The van der Waals surface area contributed by atoms with Crippen molar-refractivity contribution in [2.75, 3.05) is 13.1 Å². The number of amides is 1. The van der Waals surface area contributed by atoms with E-state index in [4.69, 9.17) is 5.73 Å². The molecule has 2 N–H and O–H groups in total. The van der Waals surface area contributed by atoms with Crippen molar-refractivity contribution in [1.82, 2.24) is 4.90 Å². The molecule has 1 amide bonds. The van der Waals surface area contributed by atoms with Gasteiger partial charge in [-0.05, 0) is 18.8 Å². The topological polar surface area (TPSA) is 46.3 Å². The van der Waals surface area contributed by atoms with Crippen molar-refractivity contribution in [2.24, 2.45) is 11.7 Å². The van der Waals surface area contributed by atoms with E-state index in [1.165, 1.54) is 0 Å². The van der Waals surface area contributed by atoms with Gasteiger partial charge in [0.25, 0.3) is 0 Å². The first-order valence-corrected chi connectivity index (χ1v) is 4.65. The molecule has 0 radical (unpaired) electrons. The summed E-state index contributed by atoms with van der Waals surface area (Å²) in [4.78, 5) is 13.3. The maximum atomic E-state index is 11.5. The quantitative estimate of drug-likeness (QED) is 0.659. The fraction of sp³-hybridized carbons (Fsp3) is 0.889. The molecule has 1 saturated heterocycles. The molecule has 70 valence electrons. The summed E-state index contributed by atoms with van der Waals surface area (Å²) in [6.07, 6.45) is 1.91. The Morgan fingerprint density at radius 2 is 2.33 bits per heavy atom. The van der Waals surface area contributed by atoms with Crippen LogP contribution in [-0.4, -0.2) is 29.9 Å². The van der Waals surface area contributed by atoms with Gasteiger partial charge in [0, 0.05) is 13.1 Å². The number of likely N-dealkylation sites (tertiary alicyclic amines) is 1. The summed E-state index contributed by atoms with van der Waals surface area (Å²) in [6, 6.07) is -0.238. The fourth-order valence-corrected chi connectivity index (χ4v) is 1.59. The first kappa shape index (κ1) is 9.52. The summed E-state index contributed by atoms with van der Waals surface area (Å²) >= 11 is 0. The first-order chi connectivity index (χ1) is 5.61. The Hall–Kier alpha value is -0.570. The molecule has 0 aromatic carbocycles. The summed E-state index contributed by atoms with van der Waals surface area (Å²) in [5, 5.41) is 0. The number of nitrogens with two attached hydrogens (primary N) is 1. The maximum Gasteiger partial charge on any atom is 0.239 e. The standard InChI is InChI=1S/C9H18N2O/c1-7(2)6-11-5-3-4-8(10)9(11)12/h7-8H,3-6,10H2,1-2H3/t8-/m0/s1. The van der Waals surface area contributed by atoms with E-state index in [1.807, 2.05) is 4.90 Å². The van der Waals surface area contributed by atoms with Crippen molar-refractivity contribution in [3.63, 3.8) is 0 Å². The molecule has 0 unspecified atom stereocenters. The highest BCUT2D eigenvalue weighted by atomic mass is 16.2. The molecular weight excluding hydrogens is 152 g/mol. The number of piperidine rings is 1. The van der Waals surface area contributed by atoms with E-state index < -0.39 is 0 Å². The summed E-state index contributed by atoms with van der Waals surface area (Å²) in [6.45, 7) is 5.98. The van der Waals surface area contributed by atoms with Gasteiger partial charge in [-0.25, -0.2) is 0 Å². The monoisotopic (exact) mass is 170 g/mol. The van der Waals surface area contributed by atoms with Crippen molar-refractivity contribution in [1.29, 1.82) is 0 Å². The lowest BCUT2D eigenvalue weighted by Gasteiger charge is -2.31. The predicted octanol–water partition coefficient (Wildman–Crippen LogP) is 0.592. The van der Waals surface area contributed by atoms with Crippen LogP contribution in [0.15, 0.2) is 0 Å². The highest BCUT2D eigenvalue weighted by Gasteiger charge is 2.25. The second kappa shape index (κ2) is 3.90. The van der Waals surface area contributed by atoms with Crippen LogP contribution in [0.25, 0.3) is 0 Å². The van der Waals surface area contributed by atoms with Crippen LogP contribution in [0.3, 0.4) is 0 Å². The number of rotatable bonds is 2. The van der Waals surface area contributed by atoms with Gasteiger partial charge >= 0.3 is 0 Å². The molecule has 1 fully saturated rings. The van der Waals surface area contributed by atoms with Crippen molar-refractivity contribution in [2.45, 2.75) is 32.7 Å². The van der Waals surface area contributed by atoms with Gasteiger partial charge < -0.3 is 10.6 Å². The van der Waals surface area contributed by atoms with Crippen molar-refractivity contribution in [3.05, 3.63) is 0 Å². The van der Waals surface area contributed by atoms with Crippen molar-refractivity contribution >= 4 is 5.91 Å². The summed E-state index contributed by atoms with van der Waals surface area (Å²) in [5.41, 5.74) is 5.65. The third kappa shape index (κ3) is 2.21. The second-order valence-electron chi connectivity index (χ2n) is 3.93. The molecule has 0 saturated carbocycles. The molecule has 1 heterocycles. The minimum atomic E-state index is -0.238. The van der Waals surface area contributed by atoms with Gasteiger partial charge in [-0.15, -0.1) is 0 Å². The number of carbonyl (C=O) groups excluding carboxylic acids is 1. The van der Waals surface area contributed by atoms with E-state index in [-0.39, 0.29) is 11.9 Å². The van der Waals surface area contributed by atoms with E-state index >= 15 is 0 Å². The Balaban J connectivity index is 2.46. The zero-order valence-electron chi connectivity index (χ0n) is 7.92. The second-order valence-corrected chi connectivity index (χ2v) is 3.93. The van der Waals surface area contributed by atoms with E-state index in [0.717, 1.165) is 25.9 Å². The molecule has 0 bridgehead atoms. The summed E-state index contributed by atoms with van der Waals surface area (Å²) in [5.74, 6) is 0.675. The van der Waals surface area contributed by atoms with E-state index in [2.05, 4.69) is 13.8 Å². The smallest absolute Gasteiger partial charge is 0.239 e. The van der Waals surface area contributed by atoms with Crippen LogP contribution in [0.4, 0.5) is 0 Å². The van der Waals surface area contributed by atoms with Gasteiger partial charge in [0.2, 0.25) is 5.91 Å². The Kier molecular flexibility index (Phi) is 3.09. The highest BCUT2D eigenvalue weighted by molar-refractivity contribution is 5.82. The number of hydrogen-bond acceptors (Lipinski definition) is 2. The molecule has 1 atom stereocenters. The predicted molar refractivity (Wildman–Crippen MR) is 48.6 cm³/mol. The van der Waals surface area contributed by atoms with Crippen molar-refractivity contribution in [3.8, 4) is 0 Å². The minimum absolute atomic E-state index is 0.134. The van der Waals surface area contributed by atoms with Crippen LogP contribution in [0.2, 0.25) is 0 Å². The van der Waals surface area contributed by atoms with E-state index in [0.29, 0.717) is 5.92 Å². The molecule has 0 aliphatic carbocycles. The third-order valence-electron chi connectivity index (χ3n) is 2.16. The Morgan fingerprint density at radius 3 is 2.92 bits per heavy atom. The lowest BCUT2D eigenvalue weighted by atomic mass is 10.0. The third-order valence-corrected chi connectivity index (χ3v) is 2.16. The van der Waals surface area contributed by atoms with Crippen LogP contribution in [0.5, 0.6) is 0 Å². The largest absolute Gasteiger partial charge is 0.341 e. The fourth-order valence-electron chi connectivity index (χ4n) is 1.59. The molecular formula is C9H18N2O. The molecule has 3 nitrogen and oxygen atoms in total. The Morgan fingerprint density at radius 1 is 1.67 bits per heavy atom. The van der Waals surface area contributed by atoms with Crippen LogP contribution in [0, 0.1) is 5.92 Å². The normalized spacial score (nSPS) is 25.2. The van der Waals surface area contributed by atoms with Crippen LogP contribution in [-0.2, 0) is 4.79 Å². The SMILES string of the molecule is CC(C)CN1CCC[C@H](N)C1=O. The molecule has 1 rings (SSSR count). The zero-order valence-corrected chi connectivity index (χ0v) is 7.92. The Labute approximate surface area is 73.9 Å². The molecule has 0 aromatic rings. The average molecular weight is 170 g/mol. The highest BCUT2D eigenvalue weighted by Crippen LogP contribution is 2.11. The van der Waals surface area contributed by atoms with Gasteiger partial charge in [0.05, 0.1) is 6.04 Å². The van der Waals surface area contributed by atoms with E-state index in [1.54, 1.807) is 0 Å². The zero-order chi connectivity index (χ0) is 9.14. The molecule has 3 heteroatoms. The maximum absolute atomic E-state index is 11.5. The average Bonchev–Trinajstić information content (AvgIpc) is 1.98. The van der Waals surface area contributed by atoms with Crippen LogP contribution in [0.1, 0.15) is 26.7 Å². The van der Waals surface area contributed by atoms with Crippen LogP contribution >= 0.6 is 0 Å². The lowest BCUT2D eigenvalue weighted by molar-refractivity contribution is -0.135. The lowest BCUT2D eigenvalue weighted by Crippen LogP contribution is -2.49. The minimum Gasteiger partial charge on any atom is -0.341 e. The van der Waals surface area contributed by atoms with Gasteiger partial charge in [0.15, 0.2) is 0 Å². The number of nitrogens with zero attached hydrogens (tertiary/aromatic N) is 1. The number of carbonyl (C=O) groups is 1. The summed E-state index contributed by atoms with van der Waals surface area (Å²) < 4.78 is 0. The molecule has 0 aromatic heterocycles. The number of hydrogen-bond donors (Lipinski definition) is 1. The molecule has 0 spiro atoms. The first-order valence-electron chi connectivity index (χ1n) is 4.65. The van der Waals surface area contributed by atoms with Crippen LogP contribution < -0.4 is 5.73 Å². The molecule has 12 heavy (non-hydrogen) atoms. The van der Waals surface area contributed by atoms with E-state index in [9.17, 15) is 4.79 Å². The van der Waals surface area contributed by atoms with Gasteiger partial charge in [-0.2, -0.15) is 0 Å². The summed E-state index contributed by atoms with van der Waals surface area (Å²) in [7, 11) is 0. The molecule has 1 aliphatic heterocycles.